The molecule has 132 valence electrons. The first-order valence-electron chi connectivity index (χ1n) is 8.32. The Kier molecular flexibility index (Phi) is 5.00. The molecule has 3 rings (SSSR count). The highest BCUT2D eigenvalue weighted by Crippen LogP contribution is 2.26. The molecule has 5 nitrogen and oxygen atoms in total. The van der Waals surface area contributed by atoms with Crippen LogP contribution in [0.5, 0.6) is 5.75 Å². The minimum Gasteiger partial charge on any atom is -0.506 e. The standard InChI is InChI=1S/C21H20N2O3/c1-23-17-12-6-5-10-15(17)20(25)19(21(23)26)18(24)13-7-11-16(22)14-8-3-2-4-9-14/h2-10,12-13,16,25H,11,22H2,1H3/b13-7+/t16-/m0/s1. The first-order chi connectivity index (χ1) is 12.5. The van der Waals surface area contributed by atoms with Gasteiger partial charge in [-0.05, 0) is 30.2 Å². The van der Waals surface area contributed by atoms with Crippen LogP contribution in [-0.2, 0) is 7.05 Å². The Bertz CT molecular complexity index is 1040. The minimum atomic E-state index is -0.533. The number of hydrogen-bond acceptors (Lipinski definition) is 4. The number of carbonyl (C=O) groups is 1. The Hall–Kier alpha value is -3.18. The third-order valence-corrected chi connectivity index (χ3v) is 4.41. The Balaban J connectivity index is 1.87. The number of aromatic hydroxyl groups is 1. The van der Waals surface area contributed by atoms with Crippen molar-refractivity contribution in [1.82, 2.24) is 4.57 Å². The number of nitrogens with zero attached hydrogens (tertiary/aromatic N) is 1. The fourth-order valence-electron chi connectivity index (χ4n) is 2.94. The summed E-state index contributed by atoms with van der Waals surface area (Å²) in [6.07, 6.45) is 3.38. The van der Waals surface area contributed by atoms with E-state index in [0.717, 1.165) is 5.56 Å². The van der Waals surface area contributed by atoms with Gasteiger partial charge in [0.05, 0.1) is 5.52 Å². The molecule has 5 heteroatoms. The topological polar surface area (TPSA) is 85.3 Å². The van der Waals surface area contributed by atoms with E-state index in [1.165, 1.54) is 10.6 Å². The van der Waals surface area contributed by atoms with Gasteiger partial charge in [0.1, 0.15) is 11.3 Å². The monoisotopic (exact) mass is 348 g/mol. The molecular weight excluding hydrogens is 328 g/mol. The number of ketones is 1. The zero-order chi connectivity index (χ0) is 18.7. The third kappa shape index (κ3) is 3.30. The minimum absolute atomic E-state index is 0.226. The maximum absolute atomic E-state index is 12.5. The number of para-hydroxylation sites is 1. The normalized spacial score (nSPS) is 12.5. The van der Waals surface area contributed by atoms with E-state index in [-0.39, 0.29) is 17.4 Å². The summed E-state index contributed by atoms with van der Waals surface area (Å²) < 4.78 is 1.37. The van der Waals surface area contributed by atoms with Gasteiger partial charge in [-0.15, -0.1) is 0 Å². The Morgan fingerprint density at radius 2 is 1.81 bits per heavy atom. The lowest BCUT2D eigenvalue weighted by atomic mass is 10.0. The average Bonchev–Trinajstić information content (AvgIpc) is 2.67. The number of nitrogens with two attached hydrogens (primary N) is 1. The van der Waals surface area contributed by atoms with Gasteiger partial charge >= 0.3 is 0 Å². The van der Waals surface area contributed by atoms with Crippen LogP contribution in [0.1, 0.15) is 28.4 Å². The highest BCUT2D eigenvalue weighted by atomic mass is 16.3. The largest absolute Gasteiger partial charge is 0.506 e. The zero-order valence-electron chi connectivity index (χ0n) is 14.4. The van der Waals surface area contributed by atoms with Crippen molar-refractivity contribution in [3.8, 4) is 5.75 Å². The maximum atomic E-state index is 12.5. The number of aryl methyl sites for hydroxylation is 1. The SMILES string of the molecule is Cn1c(=O)c(C(=O)/C=C/C[C@H](N)c2ccccc2)c(O)c2ccccc21. The van der Waals surface area contributed by atoms with Crippen molar-refractivity contribution in [1.29, 1.82) is 0 Å². The summed E-state index contributed by atoms with van der Waals surface area (Å²) >= 11 is 0. The van der Waals surface area contributed by atoms with Gasteiger partial charge in [0.15, 0.2) is 5.78 Å². The predicted molar refractivity (Wildman–Crippen MR) is 102 cm³/mol. The summed E-state index contributed by atoms with van der Waals surface area (Å²) in [6.45, 7) is 0. The summed E-state index contributed by atoms with van der Waals surface area (Å²) in [5, 5.41) is 10.9. The van der Waals surface area contributed by atoms with Crippen molar-refractivity contribution in [3.05, 3.63) is 88.2 Å². The number of aromatic nitrogens is 1. The first kappa shape index (κ1) is 17.6. The van der Waals surface area contributed by atoms with Gasteiger partial charge < -0.3 is 15.4 Å². The van der Waals surface area contributed by atoms with Crippen LogP contribution < -0.4 is 11.3 Å². The van der Waals surface area contributed by atoms with Crippen LogP contribution in [0.15, 0.2) is 71.5 Å². The molecule has 1 heterocycles. The highest BCUT2D eigenvalue weighted by Gasteiger charge is 2.19. The molecule has 0 saturated heterocycles. The van der Waals surface area contributed by atoms with Crippen LogP contribution >= 0.6 is 0 Å². The quantitative estimate of drug-likeness (QED) is 0.548. The Morgan fingerprint density at radius 1 is 1.15 bits per heavy atom. The lowest BCUT2D eigenvalue weighted by Crippen LogP contribution is -2.24. The second-order valence-corrected chi connectivity index (χ2v) is 6.12. The lowest BCUT2D eigenvalue weighted by Gasteiger charge is -2.10. The average molecular weight is 348 g/mol. The van der Waals surface area contributed by atoms with E-state index in [4.69, 9.17) is 5.73 Å². The van der Waals surface area contributed by atoms with Gasteiger partial charge in [0.2, 0.25) is 0 Å². The van der Waals surface area contributed by atoms with Crippen LogP contribution in [0.25, 0.3) is 10.9 Å². The van der Waals surface area contributed by atoms with Crippen molar-refractivity contribution in [2.75, 3.05) is 0 Å². The second-order valence-electron chi connectivity index (χ2n) is 6.12. The van der Waals surface area contributed by atoms with E-state index in [2.05, 4.69) is 0 Å². The molecule has 0 aliphatic heterocycles. The molecule has 1 aromatic heterocycles. The van der Waals surface area contributed by atoms with Crippen LogP contribution in [0.3, 0.4) is 0 Å². The van der Waals surface area contributed by atoms with E-state index in [0.29, 0.717) is 17.3 Å². The van der Waals surface area contributed by atoms with E-state index >= 15 is 0 Å². The summed E-state index contributed by atoms with van der Waals surface area (Å²) in [6, 6.07) is 16.2. The fraction of sp³-hybridized carbons (Fsp3) is 0.143. The molecular formula is C21H20N2O3. The van der Waals surface area contributed by atoms with E-state index < -0.39 is 11.3 Å². The smallest absolute Gasteiger partial charge is 0.265 e. The van der Waals surface area contributed by atoms with Gasteiger partial charge in [-0.1, -0.05) is 48.5 Å². The zero-order valence-corrected chi connectivity index (χ0v) is 14.4. The Morgan fingerprint density at radius 3 is 2.54 bits per heavy atom. The maximum Gasteiger partial charge on any atom is 0.265 e. The molecule has 2 aromatic carbocycles. The number of fused-ring (bicyclic) bond motifs is 1. The van der Waals surface area contributed by atoms with Crippen LogP contribution in [0.2, 0.25) is 0 Å². The number of benzene rings is 2. The molecule has 0 radical (unpaired) electrons. The van der Waals surface area contributed by atoms with Crippen molar-refractivity contribution < 1.29 is 9.90 Å². The van der Waals surface area contributed by atoms with Gasteiger partial charge in [-0.2, -0.15) is 0 Å². The molecule has 0 bridgehead atoms. The van der Waals surface area contributed by atoms with Gasteiger partial charge in [0.25, 0.3) is 5.56 Å². The molecule has 0 aliphatic carbocycles. The number of carbonyl (C=O) groups excluding carboxylic acids is 1. The van der Waals surface area contributed by atoms with Crippen molar-refractivity contribution in [3.63, 3.8) is 0 Å². The first-order valence-corrected chi connectivity index (χ1v) is 8.32. The summed E-state index contributed by atoms with van der Waals surface area (Å²) in [5.74, 6) is -0.820. The van der Waals surface area contributed by atoms with E-state index in [1.54, 1.807) is 37.4 Å². The molecule has 0 spiro atoms. The summed E-state index contributed by atoms with van der Waals surface area (Å²) in [4.78, 5) is 25.0. The summed E-state index contributed by atoms with van der Waals surface area (Å²) in [7, 11) is 1.58. The number of pyridine rings is 1. The molecule has 3 N–H and O–H groups in total. The highest BCUT2D eigenvalue weighted by molar-refractivity contribution is 6.09. The summed E-state index contributed by atoms with van der Waals surface area (Å²) in [5.41, 5.74) is 6.89. The molecule has 0 saturated carbocycles. The predicted octanol–water partition coefficient (Wildman–Crippen LogP) is 3.07. The van der Waals surface area contributed by atoms with Crippen LogP contribution in [0.4, 0.5) is 0 Å². The molecule has 3 aromatic rings. The van der Waals surface area contributed by atoms with Crippen molar-refractivity contribution in [2.45, 2.75) is 12.5 Å². The molecule has 26 heavy (non-hydrogen) atoms. The van der Waals surface area contributed by atoms with Gasteiger partial charge in [0, 0.05) is 18.5 Å². The molecule has 0 amide bonds. The van der Waals surface area contributed by atoms with Gasteiger partial charge in [-0.25, -0.2) is 0 Å². The molecule has 1 atom stereocenters. The second kappa shape index (κ2) is 7.37. The fourth-order valence-corrected chi connectivity index (χ4v) is 2.94. The van der Waals surface area contributed by atoms with E-state index in [1.807, 2.05) is 30.3 Å². The third-order valence-electron chi connectivity index (χ3n) is 4.41. The molecule has 0 unspecified atom stereocenters. The van der Waals surface area contributed by atoms with Crippen molar-refractivity contribution >= 4 is 16.7 Å². The van der Waals surface area contributed by atoms with Crippen molar-refractivity contribution in [2.24, 2.45) is 12.8 Å². The van der Waals surface area contributed by atoms with E-state index in [9.17, 15) is 14.7 Å². The number of hydrogen-bond donors (Lipinski definition) is 2. The molecule has 0 aliphatic rings. The van der Waals surface area contributed by atoms with Gasteiger partial charge in [-0.3, -0.25) is 9.59 Å². The lowest BCUT2D eigenvalue weighted by molar-refractivity contribution is 0.104. The van der Waals surface area contributed by atoms with Crippen LogP contribution in [-0.4, -0.2) is 15.5 Å². The number of rotatable bonds is 5. The van der Waals surface area contributed by atoms with Crippen LogP contribution in [0, 0.1) is 0 Å². The molecule has 0 fully saturated rings. The number of allylic oxidation sites excluding steroid dienone is 1. The Labute approximate surface area is 151 Å².